The number of rotatable bonds is 3. The average Bonchev–Trinajstić information content (AvgIpc) is 2.31. The summed E-state index contributed by atoms with van der Waals surface area (Å²) < 4.78 is 13.6. The van der Waals surface area contributed by atoms with Gasteiger partial charge in [-0.3, -0.25) is 4.79 Å². The molecule has 0 aliphatic rings. The van der Waals surface area contributed by atoms with Crippen LogP contribution in [0.15, 0.2) is 40.9 Å². The lowest BCUT2D eigenvalue weighted by atomic mass is 10.0. The van der Waals surface area contributed by atoms with Crippen molar-refractivity contribution in [2.75, 3.05) is 0 Å². The van der Waals surface area contributed by atoms with E-state index in [1.165, 1.54) is 12.1 Å². The number of ketones is 1. The Kier molecular flexibility index (Phi) is 4.38. The van der Waals surface area contributed by atoms with Crippen molar-refractivity contribution in [2.24, 2.45) is 0 Å². The number of Topliss-reactive ketones (excluding diaryl/α,β-unsaturated/α-hetero) is 1. The molecule has 2 aromatic rings. The summed E-state index contributed by atoms with van der Waals surface area (Å²) >= 11 is 9.20. The lowest BCUT2D eigenvalue weighted by Gasteiger charge is -2.06. The second-order valence-electron chi connectivity index (χ2n) is 4.35. The number of carbonyl (C=O) groups is 1. The molecule has 1 nitrogen and oxygen atoms in total. The summed E-state index contributed by atoms with van der Waals surface area (Å²) in [5.41, 5.74) is 2.26. The predicted molar refractivity (Wildman–Crippen MR) is 78.3 cm³/mol. The van der Waals surface area contributed by atoms with Crippen LogP contribution in [-0.2, 0) is 6.42 Å². The Morgan fingerprint density at radius 2 is 2.00 bits per heavy atom. The lowest BCUT2D eigenvalue weighted by Crippen LogP contribution is -2.04. The smallest absolute Gasteiger partial charge is 0.167 e. The third-order valence-electron chi connectivity index (χ3n) is 2.73. The summed E-state index contributed by atoms with van der Waals surface area (Å²) in [5.74, 6) is -0.375. The van der Waals surface area contributed by atoms with Crippen LogP contribution in [0.2, 0.25) is 5.02 Å². The van der Waals surface area contributed by atoms with Crippen LogP contribution in [0.25, 0.3) is 0 Å². The highest BCUT2D eigenvalue weighted by Crippen LogP contribution is 2.21. The van der Waals surface area contributed by atoms with E-state index in [0.29, 0.717) is 15.1 Å². The van der Waals surface area contributed by atoms with Crippen LogP contribution in [0.3, 0.4) is 0 Å². The highest BCUT2D eigenvalue weighted by atomic mass is 79.9. The predicted octanol–water partition coefficient (Wildman–Crippen LogP) is 4.98. The molecule has 0 aliphatic heterocycles. The van der Waals surface area contributed by atoms with Gasteiger partial charge >= 0.3 is 0 Å². The molecule has 2 rings (SSSR count). The van der Waals surface area contributed by atoms with Crippen LogP contribution in [0.4, 0.5) is 4.39 Å². The second-order valence-corrected chi connectivity index (χ2v) is 5.64. The van der Waals surface area contributed by atoms with Gasteiger partial charge in [-0.1, -0.05) is 33.6 Å². The van der Waals surface area contributed by atoms with Gasteiger partial charge in [-0.15, -0.1) is 0 Å². The summed E-state index contributed by atoms with van der Waals surface area (Å²) in [6.45, 7) is 1.89. The van der Waals surface area contributed by atoms with Gasteiger partial charge in [-0.05, 0) is 48.4 Å². The van der Waals surface area contributed by atoms with E-state index in [2.05, 4.69) is 15.9 Å². The van der Waals surface area contributed by atoms with Gasteiger partial charge in [0.05, 0.1) is 0 Å². The average molecular weight is 342 g/mol. The van der Waals surface area contributed by atoms with Crippen LogP contribution in [0.1, 0.15) is 21.5 Å². The number of hydrogen-bond donors (Lipinski definition) is 0. The molecule has 2 aromatic carbocycles. The van der Waals surface area contributed by atoms with E-state index in [1.807, 2.05) is 6.92 Å². The van der Waals surface area contributed by atoms with E-state index in [1.54, 1.807) is 24.3 Å². The maximum absolute atomic E-state index is 13.0. The van der Waals surface area contributed by atoms with Crippen LogP contribution < -0.4 is 0 Å². The number of halogens is 3. The number of hydrogen-bond acceptors (Lipinski definition) is 1. The molecule has 19 heavy (non-hydrogen) atoms. The van der Waals surface area contributed by atoms with Crippen molar-refractivity contribution in [3.05, 3.63) is 68.4 Å². The monoisotopic (exact) mass is 340 g/mol. The zero-order chi connectivity index (χ0) is 14.0. The van der Waals surface area contributed by atoms with Crippen LogP contribution >= 0.6 is 27.5 Å². The molecule has 0 saturated carbocycles. The Balaban J connectivity index is 2.25. The molecule has 0 spiro atoms. The van der Waals surface area contributed by atoms with Crippen molar-refractivity contribution in [1.82, 2.24) is 0 Å². The van der Waals surface area contributed by atoms with Crippen molar-refractivity contribution >= 4 is 33.3 Å². The summed E-state index contributed by atoms with van der Waals surface area (Å²) in [6.07, 6.45) is 0.209. The van der Waals surface area contributed by atoms with Crippen molar-refractivity contribution in [2.45, 2.75) is 13.3 Å². The SMILES string of the molecule is Cc1cc(Cl)cc(C(=O)Cc2ccc(F)cc2Br)c1. The molecule has 0 aliphatic carbocycles. The molecule has 0 N–H and O–H groups in total. The summed E-state index contributed by atoms with van der Waals surface area (Å²) in [5, 5.41) is 0.543. The molecule has 0 fully saturated rings. The maximum atomic E-state index is 13.0. The van der Waals surface area contributed by atoms with E-state index in [4.69, 9.17) is 11.6 Å². The van der Waals surface area contributed by atoms with E-state index in [9.17, 15) is 9.18 Å². The number of benzene rings is 2. The molecule has 98 valence electrons. The summed E-state index contributed by atoms with van der Waals surface area (Å²) in [7, 11) is 0. The fourth-order valence-corrected chi connectivity index (χ4v) is 2.62. The van der Waals surface area contributed by atoms with Gasteiger partial charge in [0, 0.05) is 21.5 Å². The molecule has 0 heterocycles. The minimum Gasteiger partial charge on any atom is -0.294 e. The second kappa shape index (κ2) is 5.85. The fraction of sp³-hybridized carbons (Fsp3) is 0.133. The standard InChI is InChI=1S/C15H11BrClFO/c1-9-4-11(6-12(17)5-9)15(19)7-10-2-3-13(18)8-14(10)16/h2-6,8H,7H2,1H3. The molecule has 0 atom stereocenters. The topological polar surface area (TPSA) is 17.1 Å². The van der Waals surface area contributed by atoms with Gasteiger partial charge < -0.3 is 0 Å². The Hall–Kier alpha value is -1.19. The molecule has 0 radical (unpaired) electrons. The minimum atomic E-state index is -0.332. The van der Waals surface area contributed by atoms with E-state index < -0.39 is 0 Å². The molecule has 0 amide bonds. The summed E-state index contributed by atoms with van der Waals surface area (Å²) in [4.78, 5) is 12.2. The fourth-order valence-electron chi connectivity index (χ4n) is 1.84. The normalized spacial score (nSPS) is 10.5. The highest BCUT2D eigenvalue weighted by molar-refractivity contribution is 9.10. The van der Waals surface area contributed by atoms with Crippen LogP contribution in [-0.4, -0.2) is 5.78 Å². The first kappa shape index (κ1) is 14.2. The van der Waals surface area contributed by atoms with Crippen molar-refractivity contribution in [3.8, 4) is 0 Å². The summed E-state index contributed by atoms with van der Waals surface area (Å²) in [6, 6.07) is 9.54. The van der Waals surface area contributed by atoms with Crippen molar-refractivity contribution in [3.63, 3.8) is 0 Å². The Bertz CT molecular complexity index is 620. The first-order valence-electron chi connectivity index (χ1n) is 5.70. The van der Waals surface area contributed by atoms with Crippen molar-refractivity contribution in [1.29, 1.82) is 0 Å². The van der Waals surface area contributed by atoms with E-state index >= 15 is 0 Å². The lowest BCUT2D eigenvalue weighted by molar-refractivity contribution is 0.0992. The van der Waals surface area contributed by atoms with Crippen molar-refractivity contribution < 1.29 is 9.18 Å². The molecule has 4 heteroatoms. The van der Waals surface area contributed by atoms with Gasteiger partial charge in [0.2, 0.25) is 0 Å². The molecular formula is C15H11BrClFO. The third-order valence-corrected chi connectivity index (χ3v) is 3.69. The number of carbonyl (C=O) groups excluding carboxylic acids is 1. The molecular weight excluding hydrogens is 331 g/mol. The van der Waals surface area contributed by atoms with E-state index in [-0.39, 0.29) is 18.0 Å². The third kappa shape index (κ3) is 3.64. The first-order valence-corrected chi connectivity index (χ1v) is 6.87. The van der Waals surface area contributed by atoms with E-state index in [0.717, 1.165) is 11.1 Å². The van der Waals surface area contributed by atoms with Gasteiger partial charge in [-0.2, -0.15) is 0 Å². The van der Waals surface area contributed by atoms with Gasteiger partial charge in [-0.25, -0.2) is 4.39 Å². The minimum absolute atomic E-state index is 0.0436. The van der Waals surface area contributed by atoms with Crippen LogP contribution in [0.5, 0.6) is 0 Å². The first-order chi connectivity index (χ1) is 8.95. The Morgan fingerprint density at radius 1 is 1.26 bits per heavy atom. The Morgan fingerprint density at radius 3 is 2.63 bits per heavy atom. The largest absolute Gasteiger partial charge is 0.294 e. The zero-order valence-electron chi connectivity index (χ0n) is 10.2. The molecule has 0 saturated heterocycles. The quantitative estimate of drug-likeness (QED) is 0.720. The highest BCUT2D eigenvalue weighted by Gasteiger charge is 2.11. The molecule has 0 aromatic heterocycles. The van der Waals surface area contributed by atoms with Gasteiger partial charge in [0.1, 0.15) is 5.82 Å². The molecule has 0 bridgehead atoms. The number of aryl methyl sites for hydroxylation is 1. The molecule has 0 unspecified atom stereocenters. The van der Waals surface area contributed by atoms with Gasteiger partial charge in [0.15, 0.2) is 5.78 Å². The maximum Gasteiger partial charge on any atom is 0.167 e. The Labute approximate surface area is 124 Å². The van der Waals surface area contributed by atoms with Crippen LogP contribution in [0, 0.1) is 12.7 Å². The zero-order valence-corrected chi connectivity index (χ0v) is 12.6. The van der Waals surface area contributed by atoms with Gasteiger partial charge in [0.25, 0.3) is 0 Å².